The minimum Gasteiger partial charge on any atom is -0.458 e. The van der Waals surface area contributed by atoms with Crippen LogP contribution in [-0.2, 0) is 14.0 Å². The number of hydrogen-bond acceptors (Lipinski definition) is 5. The summed E-state index contributed by atoms with van der Waals surface area (Å²) in [6.07, 6.45) is -0.626. The molecule has 0 saturated carbocycles. The summed E-state index contributed by atoms with van der Waals surface area (Å²) >= 11 is 6.34. The highest BCUT2D eigenvalue weighted by atomic mass is 35.5. The summed E-state index contributed by atoms with van der Waals surface area (Å²) in [6.45, 7) is 16.2. The highest BCUT2D eigenvalue weighted by molar-refractivity contribution is 6.74. The van der Waals surface area contributed by atoms with E-state index in [1.165, 1.54) is 0 Å². The van der Waals surface area contributed by atoms with Crippen molar-refractivity contribution in [1.82, 2.24) is 5.43 Å². The van der Waals surface area contributed by atoms with Crippen LogP contribution >= 0.6 is 11.6 Å². The molecule has 1 N–H and O–H groups in total. The van der Waals surface area contributed by atoms with Crippen molar-refractivity contribution in [2.45, 2.75) is 77.4 Å². The van der Waals surface area contributed by atoms with E-state index in [4.69, 9.17) is 20.8 Å². The van der Waals surface area contributed by atoms with Crippen LogP contribution in [0.25, 0.3) is 0 Å². The summed E-state index contributed by atoms with van der Waals surface area (Å²) in [6, 6.07) is 13.3. The van der Waals surface area contributed by atoms with E-state index in [1.54, 1.807) is 41.4 Å². The second-order valence-corrected chi connectivity index (χ2v) is 16.3. The number of nitrogens with one attached hydrogen (secondary N) is 1. The maximum atomic E-state index is 13.6. The molecule has 0 aliphatic carbocycles. The van der Waals surface area contributed by atoms with Crippen LogP contribution in [0.5, 0.6) is 0 Å². The topological polar surface area (TPSA) is 67.9 Å². The van der Waals surface area contributed by atoms with E-state index in [0.29, 0.717) is 16.3 Å². The summed E-state index contributed by atoms with van der Waals surface area (Å²) in [5.41, 5.74) is 4.10. The number of halogens is 1. The van der Waals surface area contributed by atoms with Crippen LogP contribution in [0.2, 0.25) is 23.2 Å². The predicted molar refractivity (Wildman–Crippen MR) is 138 cm³/mol. The van der Waals surface area contributed by atoms with Gasteiger partial charge in [-0.15, -0.1) is 0 Å². The second kappa shape index (κ2) is 9.36. The zero-order valence-electron chi connectivity index (χ0n) is 21.2. The zero-order valence-corrected chi connectivity index (χ0v) is 23.0. The summed E-state index contributed by atoms with van der Waals surface area (Å²) in [5.74, 6) is -0.815. The Balaban J connectivity index is 2.10. The third-order valence-corrected chi connectivity index (χ3v) is 10.9. The molecular weight excluding hydrogens is 468 g/mol. The van der Waals surface area contributed by atoms with Crippen molar-refractivity contribution in [3.63, 3.8) is 0 Å². The van der Waals surface area contributed by atoms with Gasteiger partial charge in [-0.25, -0.2) is 4.79 Å². The first-order chi connectivity index (χ1) is 15.6. The molecule has 6 nitrogen and oxygen atoms in total. The lowest BCUT2D eigenvalue weighted by atomic mass is 10.1. The van der Waals surface area contributed by atoms with Gasteiger partial charge in [-0.2, -0.15) is 0 Å². The lowest BCUT2D eigenvalue weighted by Gasteiger charge is -2.40. The molecule has 1 heterocycles. The highest BCUT2D eigenvalue weighted by Crippen LogP contribution is 2.47. The first kappa shape index (κ1) is 26.3. The molecular formula is C26H35ClN2O4Si. The number of benzene rings is 2. The molecule has 0 fully saturated rings. The Hall–Kier alpha value is -2.35. The van der Waals surface area contributed by atoms with Gasteiger partial charge in [-0.3, -0.25) is 15.2 Å². The van der Waals surface area contributed by atoms with Crippen LogP contribution in [0.3, 0.4) is 0 Å². The molecule has 2 aromatic carbocycles. The van der Waals surface area contributed by atoms with E-state index >= 15 is 0 Å². The normalized spacial score (nSPS) is 18.4. The Kier molecular flexibility index (Phi) is 7.23. The molecule has 0 radical (unpaired) electrons. The van der Waals surface area contributed by atoms with Gasteiger partial charge in [-0.05, 0) is 63.2 Å². The molecule has 1 aliphatic heterocycles. The number of anilines is 1. The van der Waals surface area contributed by atoms with Crippen molar-refractivity contribution in [2.24, 2.45) is 0 Å². The predicted octanol–water partition coefficient (Wildman–Crippen LogP) is 6.28. The third kappa shape index (κ3) is 5.65. The molecule has 2 atom stereocenters. The minimum atomic E-state index is -2.31. The Labute approximate surface area is 208 Å². The Morgan fingerprint density at radius 1 is 1.00 bits per heavy atom. The maximum absolute atomic E-state index is 13.6. The van der Waals surface area contributed by atoms with Gasteiger partial charge < -0.3 is 9.16 Å². The van der Waals surface area contributed by atoms with Crippen LogP contribution in [-0.4, -0.2) is 31.8 Å². The lowest BCUT2D eigenvalue weighted by molar-refractivity contribution is -0.159. The van der Waals surface area contributed by atoms with Crippen LogP contribution in [0.15, 0.2) is 48.5 Å². The van der Waals surface area contributed by atoms with Crippen LogP contribution in [0.4, 0.5) is 5.69 Å². The molecule has 0 unspecified atom stereocenters. The number of carbonyl (C=O) groups excluding carboxylic acids is 2. The molecule has 3 rings (SSSR count). The van der Waals surface area contributed by atoms with E-state index < -0.39 is 32.0 Å². The van der Waals surface area contributed by atoms with Crippen molar-refractivity contribution in [1.29, 1.82) is 0 Å². The fraction of sp³-hybridized carbons (Fsp3) is 0.462. The number of carbonyl (C=O) groups is 2. The van der Waals surface area contributed by atoms with Gasteiger partial charge in [0.2, 0.25) is 0 Å². The van der Waals surface area contributed by atoms with Gasteiger partial charge in [-0.1, -0.05) is 56.6 Å². The molecule has 184 valence electrons. The zero-order chi connectivity index (χ0) is 25.5. The fourth-order valence-corrected chi connectivity index (χ4v) is 4.94. The van der Waals surface area contributed by atoms with Gasteiger partial charge in [0.05, 0.1) is 5.69 Å². The SMILES string of the molecule is CC(C)(C)OC(=O)[C@@H]1[C@@H](O[Si](C)(C)C(C)(C)C)c2ccc(Cl)cc2N1NC(=O)c1ccccc1. The molecule has 0 saturated heterocycles. The van der Waals surface area contributed by atoms with Crippen LogP contribution < -0.4 is 10.4 Å². The fourth-order valence-electron chi connectivity index (χ4n) is 3.53. The minimum absolute atomic E-state index is 0.0845. The van der Waals surface area contributed by atoms with Crippen LogP contribution in [0, 0.1) is 0 Å². The monoisotopic (exact) mass is 502 g/mol. The number of hydrogen-bond donors (Lipinski definition) is 1. The number of amides is 1. The summed E-state index contributed by atoms with van der Waals surface area (Å²) in [7, 11) is -2.31. The number of rotatable bonds is 5. The first-order valence-electron chi connectivity index (χ1n) is 11.5. The number of hydrazine groups is 1. The van der Waals surface area contributed by atoms with Gasteiger partial charge in [0.15, 0.2) is 14.4 Å². The molecule has 1 aliphatic rings. The van der Waals surface area contributed by atoms with Crippen molar-refractivity contribution in [3.05, 3.63) is 64.7 Å². The van der Waals surface area contributed by atoms with Gasteiger partial charge in [0.1, 0.15) is 11.7 Å². The van der Waals surface area contributed by atoms with Crippen molar-refractivity contribution in [3.8, 4) is 0 Å². The average molecular weight is 503 g/mol. The lowest BCUT2D eigenvalue weighted by Crippen LogP contribution is -2.54. The molecule has 0 aromatic heterocycles. The van der Waals surface area contributed by atoms with E-state index in [2.05, 4.69) is 39.3 Å². The van der Waals surface area contributed by atoms with Gasteiger partial charge in [0.25, 0.3) is 5.91 Å². The standard InChI is InChI=1S/C26H35ClN2O4Si/c1-25(2,3)32-24(31)21-22(33-34(7,8)26(4,5)6)19-15-14-18(27)16-20(19)29(21)28-23(30)17-12-10-9-11-13-17/h9-16,21-22H,1-8H3,(H,28,30)/t21-,22-/m0/s1. The van der Waals surface area contributed by atoms with E-state index in [9.17, 15) is 9.59 Å². The largest absolute Gasteiger partial charge is 0.458 e. The Morgan fingerprint density at radius 3 is 2.18 bits per heavy atom. The second-order valence-electron chi connectivity index (χ2n) is 11.2. The molecule has 0 bridgehead atoms. The van der Waals surface area contributed by atoms with Crippen molar-refractivity contribution in [2.75, 3.05) is 5.01 Å². The number of esters is 1. The highest BCUT2D eigenvalue weighted by Gasteiger charge is 2.51. The van der Waals surface area contributed by atoms with Crippen LogP contribution in [0.1, 0.15) is 63.6 Å². The smallest absolute Gasteiger partial charge is 0.334 e. The van der Waals surface area contributed by atoms with Gasteiger partial charge in [0, 0.05) is 16.1 Å². The number of fused-ring (bicyclic) bond motifs is 1. The summed E-state index contributed by atoms with van der Waals surface area (Å²) < 4.78 is 12.6. The molecule has 8 heteroatoms. The third-order valence-electron chi connectivity index (χ3n) is 6.26. The molecule has 0 spiro atoms. The first-order valence-corrected chi connectivity index (χ1v) is 14.7. The Morgan fingerprint density at radius 2 is 1.62 bits per heavy atom. The quantitative estimate of drug-likeness (QED) is 0.385. The number of nitrogens with zero attached hydrogens (tertiary/aromatic N) is 1. The molecule has 1 amide bonds. The van der Waals surface area contributed by atoms with E-state index in [0.717, 1.165) is 5.56 Å². The molecule has 34 heavy (non-hydrogen) atoms. The molecule has 2 aromatic rings. The number of ether oxygens (including phenoxy) is 1. The van der Waals surface area contributed by atoms with E-state index in [1.807, 2.05) is 32.9 Å². The van der Waals surface area contributed by atoms with Gasteiger partial charge >= 0.3 is 5.97 Å². The van der Waals surface area contributed by atoms with E-state index in [-0.39, 0.29) is 10.9 Å². The Bertz CT molecular complexity index is 1060. The average Bonchev–Trinajstić information content (AvgIpc) is 2.98. The van der Waals surface area contributed by atoms with Crippen molar-refractivity contribution >= 4 is 37.5 Å². The maximum Gasteiger partial charge on any atom is 0.334 e. The summed E-state index contributed by atoms with van der Waals surface area (Å²) in [5, 5.41) is 1.97. The summed E-state index contributed by atoms with van der Waals surface area (Å²) in [4.78, 5) is 26.7. The van der Waals surface area contributed by atoms with Crippen molar-refractivity contribution < 1.29 is 18.8 Å².